The molecule has 5 rings (SSSR count). The van der Waals surface area contributed by atoms with Crippen molar-refractivity contribution >= 4 is 17.4 Å². The Balaban J connectivity index is 1.48. The summed E-state index contributed by atoms with van der Waals surface area (Å²) in [6.45, 7) is 2.01. The number of hydrogen-bond donors (Lipinski definition) is 2. The number of nitrogens with two attached hydrogens (primary N) is 1. The first-order chi connectivity index (χ1) is 17.0. The molecule has 0 atom stereocenters. The molecule has 0 saturated heterocycles. The van der Waals surface area contributed by atoms with Crippen LogP contribution in [0.5, 0.6) is 0 Å². The third-order valence-corrected chi connectivity index (χ3v) is 5.38. The Bertz CT molecular complexity index is 1510. The van der Waals surface area contributed by atoms with Crippen molar-refractivity contribution in [3.05, 3.63) is 95.6 Å². The number of nitrogen functional groups attached to an aromatic ring is 1. The summed E-state index contributed by atoms with van der Waals surface area (Å²) in [5.74, 6) is -0.338. The summed E-state index contributed by atoms with van der Waals surface area (Å²) in [6, 6.07) is 17.0. The molecule has 3 heterocycles. The molecular formula is C25H20FN7O2. The summed E-state index contributed by atoms with van der Waals surface area (Å²) in [4.78, 5) is 21.1. The number of amides is 1. The molecule has 2 aromatic carbocycles. The van der Waals surface area contributed by atoms with Gasteiger partial charge < -0.3 is 15.6 Å². The third-order valence-electron chi connectivity index (χ3n) is 5.38. The molecule has 0 saturated carbocycles. The number of rotatable bonds is 6. The fraction of sp³-hybridized carbons (Fsp3) is 0.0800. The highest BCUT2D eigenvalue weighted by Crippen LogP contribution is 2.28. The van der Waals surface area contributed by atoms with Gasteiger partial charge in [-0.05, 0) is 31.2 Å². The van der Waals surface area contributed by atoms with Crippen molar-refractivity contribution in [2.24, 2.45) is 0 Å². The average molecular weight is 469 g/mol. The van der Waals surface area contributed by atoms with Crippen LogP contribution in [-0.4, -0.2) is 30.8 Å². The number of aryl methyl sites for hydroxylation is 1. The monoisotopic (exact) mass is 469 g/mol. The van der Waals surface area contributed by atoms with E-state index in [0.29, 0.717) is 28.2 Å². The molecule has 0 aliphatic carbocycles. The lowest BCUT2D eigenvalue weighted by atomic mass is 10.2. The standard InChI is InChI=1S/C25H20FN7O2/c1-15-14-35-32-22(15)21-11-19(31-33(21)13-17-9-5-6-10-18(17)26)24-28-12-20(23(27)30-24)29-25(34)16-7-3-2-4-8-16/h2-12,14H,13H2,1H3,(H,29,34)(H2,27,28,30). The zero-order valence-corrected chi connectivity index (χ0v) is 18.6. The summed E-state index contributed by atoms with van der Waals surface area (Å²) >= 11 is 0. The molecule has 3 aromatic heterocycles. The average Bonchev–Trinajstić information content (AvgIpc) is 3.48. The van der Waals surface area contributed by atoms with Crippen LogP contribution in [0.3, 0.4) is 0 Å². The highest BCUT2D eigenvalue weighted by atomic mass is 19.1. The number of aromatic nitrogens is 5. The lowest BCUT2D eigenvalue weighted by Gasteiger charge is -2.08. The van der Waals surface area contributed by atoms with Crippen LogP contribution in [0.2, 0.25) is 0 Å². The Kier molecular flexibility index (Phi) is 5.76. The Morgan fingerprint density at radius 1 is 1.14 bits per heavy atom. The topological polar surface area (TPSA) is 125 Å². The van der Waals surface area contributed by atoms with E-state index in [-0.39, 0.29) is 35.6 Å². The van der Waals surface area contributed by atoms with Gasteiger partial charge in [0.1, 0.15) is 29.2 Å². The van der Waals surface area contributed by atoms with Crippen LogP contribution in [-0.2, 0) is 6.54 Å². The molecule has 0 unspecified atom stereocenters. The molecule has 0 spiro atoms. The van der Waals surface area contributed by atoms with Crippen LogP contribution >= 0.6 is 0 Å². The summed E-state index contributed by atoms with van der Waals surface area (Å²) in [5, 5.41) is 11.4. The molecule has 35 heavy (non-hydrogen) atoms. The van der Waals surface area contributed by atoms with E-state index in [9.17, 15) is 9.18 Å². The van der Waals surface area contributed by atoms with Gasteiger partial charge in [0.2, 0.25) is 0 Å². The number of hydrogen-bond acceptors (Lipinski definition) is 7. The zero-order valence-electron chi connectivity index (χ0n) is 18.6. The summed E-state index contributed by atoms with van der Waals surface area (Å²) in [7, 11) is 0. The Labute approximate surface area is 199 Å². The largest absolute Gasteiger partial charge is 0.382 e. The maximum absolute atomic E-state index is 14.3. The van der Waals surface area contributed by atoms with Crippen LogP contribution in [0.15, 0.2) is 77.6 Å². The Morgan fingerprint density at radius 3 is 2.63 bits per heavy atom. The first-order valence-corrected chi connectivity index (χ1v) is 10.7. The fourth-order valence-electron chi connectivity index (χ4n) is 3.56. The molecule has 0 bridgehead atoms. The van der Waals surface area contributed by atoms with Gasteiger partial charge in [0.25, 0.3) is 5.91 Å². The van der Waals surface area contributed by atoms with E-state index in [4.69, 9.17) is 10.3 Å². The number of carbonyl (C=O) groups excluding carboxylic acids is 1. The van der Waals surface area contributed by atoms with Crippen LogP contribution < -0.4 is 11.1 Å². The van der Waals surface area contributed by atoms with E-state index in [2.05, 4.69) is 25.5 Å². The minimum Gasteiger partial charge on any atom is -0.382 e. The second-order valence-corrected chi connectivity index (χ2v) is 7.82. The SMILES string of the molecule is Cc1conc1-c1cc(-c2ncc(NC(=O)c3ccccc3)c(N)n2)nn1Cc1ccccc1F. The smallest absolute Gasteiger partial charge is 0.255 e. The minimum absolute atomic E-state index is 0.0853. The van der Waals surface area contributed by atoms with Gasteiger partial charge in [0, 0.05) is 16.7 Å². The number of benzene rings is 2. The van der Waals surface area contributed by atoms with Gasteiger partial charge in [-0.2, -0.15) is 5.10 Å². The second kappa shape index (κ2) is 9.18. The highest BCUT2D eigenvalue weighted by Gasteiger charge is 2.19. The van der Waals surface area contributed by atoms with E-state index in [1.54, 1.807) is 53.2 Å². The lowest BCUT2D eigenvalue weighted by Crippen LogP contribution is -2.14. The molecule has 0 aliphatic rings. The quantitative estimate of drug-likeness (QED) is 0.379. The van der Waals surface area contributed by atoms with Gasteiger partial charge in [0.15, 0.2) is 11.6 Å². The summed E-state index contributed by atoms with van der Waals surface area (Å²) in [6.07, 6.45) is 2.95. The molecule has 0 radical (unpaired) electrons. The van der Waals surface area contributed by atoms with Gasteiger partial charge in [-0.1, -0.05) is 41.6 Å². The van der Waals surface area contributed by atoms with E-state index >= 15 is 0 Å². The predicted octanol–water partition coefficient (Wildman–Crippen LogP) is 4.33. The molecule has 1 amide bonds. The maximum Gasteiger partial charge on any atom is 0.255 e. The third kappa shape index (κ3) is 4.49. The zero-order chi connectivity index (χ0) is 24.4. The number of halogens is 1. The van der Waals surface area contributed by atoms with E-state index < -0.39 is 0 Å². The van der Waals surface area contributed by atoms with Crippen molar-refractivity contribution < 1.29 is 13.7 Å². The first-order valence-electron chi connectivity index (χ1n) is 10.7. The van der Waals surface area contributed by atoms with E-state index in [1.165, 1.54) is 18.5 Å². The Morgan fingerprint density at radius 2 is 1.91 bits per heavy atom. The van der Waals surface area contributed by atoms with Gasteiger partial charge in [-0.3, -0.25) is 9.48 Å². The summed E-state index contributed by atoms with van der Waals surface area (Å²) < 4.78 is 21.0. The normalized spacial score (nSPS) is 10.9. The first kappa shape index (κ1) is 22.0. The maximum atomic E-state index is 14.3. The molecule has 9 nitrogen and oxygen atoms in total. The number of nitrogens with one attached hydrogen (secondary N) is 1. The van der Waals surface area contributed by atoms with Crippen molar-refractivity contribution in [3.63, 3.8) is 0 Å². The molecular weight excluding hydrogens is 449 g/mol. The van der Waals surface area contributed by atoms with Gasteiger partial charge in [0.05, 0.1) is 18.4 Å². The fourth-order valence-corrected chi connectivity index (χ4v) is 3.56. The number of nitrogens with zero attached hydrogens (tertiary/aromatic N) is 5. The van der Waals surface area contributed by atoms with Crippen LogP contribution in [0.4, 0.5) is 15.9 Å². The minimum atomic E-state index is -0.341. The molecule has 0 aliphatic heterocycles. The number of carbonyl (C=O) groups is 1. The lowest BCUT2D eigenvalue weighted by molar-refractivity contribution is 0.102. The van der Waals surface area contributed by atoms with Crippen LogP contribution in [0.25, 0.3) is 22.9 Å². The second-order valence-electron chi connectivity index (χ2n) is 7.82. The molecule has 3 N–H and O–H groups in total. The van der Waals surface area contributed by atoms with Crippen LogP contribution in [0, 0.1) is 12.7 Å². The Hall–Kier alpha value is -4.86. The van der Waals surface area contributed by atoms with Gasteiger partial charge in [-0.25, -0.2) is 14.4 Å². The molecule has 10 heteroatoms. The summed E-state index contributed by atoms with van der Waals surface area (Å²) in [5.41, 5.74) is 9.72. The molecule has 174 valence electrons. The van der Waals surface area contributed by atoms with Crippen molar-refractivity contribution in [1.29, 1.82) is 0 Å². The van der Waals surface area contributed by atoms with E-state index in [1.807, 2.05) is 13.0 Å². The highest BCUT2D eigenvalue weighted by molar-refractivity contribution is 6.05. The predicted molar refractivity (Wildman–Crippen MR) is 128 cm³/mol. The number of anilines is 2. The van der Waals surface area contributed by atoms with Gasteiger partial charge in [-0.15, -0.1) is 0 Å². The van der Waals surface area contributed by atoms with Gasteiger partial charge >= 0.3 is 0 Å². The van der Waals surface area contributed by atoms with Crippen molar-refractivity contribution in [2.45, 2.75) is 13.5 Å². The van der Waals surface area contributed by atoms with Crippen LogP contribution in [0.1, 0.15) is 21.5 Å². The molecule has 0 fully saturated rings. The van der Waals surface area contributed by atoms with Crippen molar-refractivity contribution in [1.82, 2.24) is 24.9 Å². The molecule has 5 aromatic rings. The van der Waals surface area contributed by atoms with Crippen molar-refractivity contribution in [3.8, 4) is 22.9 Å². The van der Waals surface area contributed by atoms with E-state index in [0.717, 1.165) is 5.56 Å². The van der Waals surface area contributed by atoms with Crippen molar-refractivity contribution in [2.75, 3.05) is 11.1 Å².